The van der Waals surface area contributed by atoms with Gasteiger partial charge in [0.2, 0.25) is 0 Å². The minimum atomic E-state index is -0.842. The average Bonchev–Trinajstić information content (AvgIpc) is 3.68. The molecule has 4 aromatic rings. The number of esters is 1. The molecule has 13 nitrogen and oxygen atoms in total. The van der Waals surface area contributed by atoms with Crippen molar-refractivity contribution in [2.24, 2.45) is 0 Å². The summed E-state index contributed by atoms with van der Waals surface area (Å²) in [5.41, 5.74) is 5.65. The number of carbonyl (C=O) groups excluding carboxylic acids is 3. The van der Waals surface area contributed by atoms with E-state index < -0.39 is 39.7 Å². The number of anilines is 2. The number of rotatable bonds is 6. The zero-order chi connectivity index (χ0) is 36.4. The van der Waals surface area contributed by atoms with Gasteiger partial charge >= 0.3 is 5.97 Å². The number of aliphatic hydroxyl groups excluding tert-OH is 1. The van der Waals surface area contributed by atoms with Crippen molar-refractivity contribution in [3.63, 3.8) is 0 Å². The van der Waals surface area contributed by atoms with Crippen molar-refractivity contribution in [3.05, 3.63) is 138 Å². The number of nitro benzene ring substituents is 2. The van der Waals surface area contributed by atoms with E-state index in [2.05, 4.69) is 0 Å². The molecule has 0 saturated carbocycles. The van der Waals surface area contributed by atoms with Crippen molar-refractivity contribution in [2.45, 2.75) is 52.6 Å². The first-order valence-electron chi connectivity index (χ1n) is 15.8. The molecule has 274 valence electrons. The Bertz CT molecular complexity index is 2060. The van der Waals surface area contributed by atoms with Crippen LogP contribution in [0.3, 0.4) is 0 Å². The molecule has 6 rings (SSSR count). The van der Waals surface area contributed by atoms with E-state index >= 15 is 0 Å². The van der Waals surface area contributed by atoms with Crippen LogP contribution in [0.25, 0.3) is 0 Å². The van der Waals surface area contributed by atoms with E-state index in [0.29, 0.717) is 24.2 Å². The number of hydrogen-bond donors (Lipinski definition) is 1. The molecule has 2 amide bonds. The molecule has 15 heteroatoms. The first kappa shape index (κ1) is 41.2. The summed E-state index contributed by atoms with van der Waals surface area (Å²) in [7, 11) is 1.26. The summed E-state index contributed by atoms with van der Waals surface area (Å²) >= 11 is 0. The maximum Gasteiger partial charge on any atom is 0.329 e. The normalized spacial score (nSPS) is 15.2. The molecule has 2 atom stereocenters. The van der Waals surface area contributed by atoms with E-state index in [1.54, 1.807) is 45.0 Å². The quantitative estimate of drug-likeness (QED) is 0.142. The fraction of sp³-hybridized carbons (Fsp3) is 0.270. The van der Waals surface area contributed by atoms with Gasteiger partial charge in [0.25, 0.3) is 23.2 Å². The lowest BCUT2D eigenvalue weighted by Crippen LogP contribution is -2.43. The van der Waals surface area contributed by atoms with E-state index in [1.165, 1.54) is 35.1 Å². The summed E-state index contributed by atoms with van der Waals surface area (Å²) in [5.74, 6) is -1.59. The Morgan fingerprint density at radius 3 is 1.56 bits per heavy atom. The van der Waals surface area contributed by atoms with Gasteiger partial charge in [-0.1, -0.05) is 36.4 Å². The first-order chi connectivity index (χ1) is 23.8. The zero-order valence-electron chi connectivity index (χ0n) is 29.2. The molecule has 0 saturated heterocycles. The summed E-state index contributed by atoms with van der Waals surface area (Å²) in [6, 6.07) is 19.2. The Hall–Kier alpha value is -5.25. The lowest BCUT2D eigenvalue weighted by Gasteiger charge is -2.24. The molecule has 2 aliphatic heterocycles. The second-order valence-corrected chi connectivity index (χ2v) is 12.3. The van der Waals surface area contributed by atoms with Crippen LogP contribution in [0.5, 0.6) is 0 Å². The van der Waals surface area contributed by atoms with E-state index in [1.807, 2.05) is 37.3 Å². The summed E-state index contributed by atoms with van der Waals surface area (Å²) in [6.07, 6.45) is 0.851. The highest BCUT2D eigenvalue weighted by atomic mass is 32.1. The SMILES string of the molecule is COC(=O)[C@@H]1Cc2ccccc2N1C(=O)c1cc(C)c(C)cc1[N+](=O)[O-].Cc1cc(C(=O)N2c3ccccc3C[C@H]2CO)c([N+](=O)[O-])cc1C.S.S. The van der Waals surface area contributed by atoms with Crippen molar-refractivity contribution >= 4 is 67.5 Å². The standard InChI is InChI=1S/C19H18N2O5.C18H18N2O4.2H2S/c1-11-8-14(16(21(24)25)9-12(11)2)18(22)20-15-7-5-4-6-13(15)10-17(20)19(23)26-3;1-11-7-15(17(20(23)24)8-12(11)2)18(22)19-14(10-21)9-13-5-3-4-6-16(13)19;;/h4-9,17H,10H2,1-3H3;3-8,14,21H,9-10H2,1-2H3;2*1H2/t17-;14-;;/m00../s1. The summed E-state index contributed by atoms with van der Waals surface area (Å²) in [6.45, 7) is 6.93. The van der Waals surface area contributed by atoms with Crippen LogP contribution in [-0.2, 0) is 22.4 Å². The maximum atomic E-state index is 13.2. The van der Waals surface area contributed by atoms with Crippen LogP contribution < -0.4 is 9.80 Å². The minimum absolute atomic E-state index is 0. The number of methoxy groups -OCH3 is 1. The molecule has 52 heavy (non-hydrogen) atoms. The number of nitro groups is 2. The predicted octanol–water partition coefficient (Wildman–Crippen LogP) is 5.96. The Balaban J connectivity index is 0.000000271. The van der Waals surface area contributed by atoms with Gasteiger partial charge in [0, 0.05) is 29.9 Å². The lowest BCUT2D eigenvalue weighted by molar-refractivity contribution is -0.385. The van der Waals surface area contributed by atoms with Crippen LogP contribution in [0.2, 0.25) is 0 Å². The van der Waals surface area contributed by atoms with E-state index in [9.17, 15) is 39.7 Å². The molecule has 0 aliphatic carbocycles. The number of aliphatic hydroxyl groups is 1. The summed E-state index contributed by atoms with van der Waals surface area (Å²) < 4.78 is 4.84. The first-order valence-corrected chi connectivity index (χ1v) is 15.8. The molecule has 0 fully saturated rings. The molecule has 0 aromatic heterocycles. The van der Waals surface area contributed by atoms with Crippen molar-refractivity contribution < 1.29 is 34.1 Å². The monoisotopic (exact) mass is 748 g/mol. The van der Waals surface area contributed by atoms with Crippen molar-refractivity contribution in [1.82, 2.24) is 0 Å². The van der Waals surface area contributed by atoms with Gasteiger partial charge in [-0.25, -0.2) is 4.79 Å². The second-order valence-electron chi connectivity index (χ2n) is 12.3. The van der Waals surface area contributed by atoms with Gasteiger partial charge in [0.15, 0.2) is 0 Å². The van der Waals surface area contributed by atoms with Crippen LogP contribution in [0, 0.1) is 47.9 Å². The van der Waals surface area contributed by atoms with Crippen LogP contribution in [0.4, 0.5) is 22.7 Å². The third kappa shape index (κ3) is 7.81. The van der Waals surface area contributed by atoms with Gasteiger partial charge in [0.05, 0.1) is 29.6 Å². The van der Waals surface area contributed by atoms with Crippen LogP contribution >= 0.6 is 27.0 Å². The van der Waals surface area contributed by atoms with Gasteiger partial charge in [0.1, 0.15) is 17.2 Å². The number of hydrogen-bond acceptors (Lipinski definition) is 9. The number of benzene rings is 4. The molecular formula is C37H40N4O9S2. The zero-order valence-corrected chi connectivity index (χ0v) is 31.2. The molecule has 2 heterocycles. The molecule has 2 aliphatic rings. The van der Waals surface area contributed by atoms with Crippen LogP contribution in [-0.4, -0.2) is 58.5 Å². The molecule has 1 N–H and O–H groups in total. The Labute approximate surface area is 314 Å². The molecule has 4 aromatic carbocycles. The highest BCUT2D eigenvalue weighted by Crippen LogP contribution is 2.37. The third-order valence-corrected chi connectivity index (χ3v) is 9.25. The van der Waals surface area contributed by atoms with Crippen LogP contribution in [0.1, 0.15) is 54.1 Å². The largest absolute Gasteiger partial charge is 0.467 e. The summed E-state index contributed by atoms with van der Waals surface area (Å²) in [5, 5.41) is 32.5. The van der Waals surface area contributed by atoms with Crippen molar-refractivity contribution in [3.8, 4) is 0 Å². The van der Waals surface area contributed by atoms with Crippen molar-refractivity contribution in [2.75, 3.05) is 23.5 Å². The number of amides is 2. The van der Waals surface area contributed by atoms with E-state index in [4.69, 9.17) is 4.74 Å². The lowest BCUT2D eigenvalue weighted by atomic mass is 10.0. The second kappa shape index (κ2) is 16.8. The Morgan fingerprint density at radius 2 is 1.12 bits per heavy atom. The smallest absolute Gasteiger partial charge is 0.329 e. The van der Waals surface area contributed by atoms with Gasteiger partial charge in [-0.05, 0) is 91.8 Å². The summed E-state index contributed by atoms with van der Waals surface area (Å²) in [4.78, 5) is 63.1. The molecule has 0 spiro atoms. The van der Waals surface area contributed by atoms with Gasteiger partial charge in [-0.2, -0.15) is 27.0 Å². The fourth-order valence-electron chi connectivity index (χ4n) is 6.35. The van der Waals surface area contributed by atoms with E-state index in [0.717, 1.165) is 33.4 Å². The number of para-hydroxylation sites is 2. The fourth-order valence-corrected chi connectivity index (χ4v) is 6.35. The number of ether oxygens (including phenoxy) is 1. The minimum Gasteiger partial charge on any atom is -0.467 e. The molecule has 0 unspecified atom stereocenters. The van der Waals surface area contributed by atoms with Gasteiger partial charge in [-0.15, -0.1) is 0 Å². The predicted molar refractivity (Wildman–Crippen MR) is 206 cm³/mol. The molecular weight excluding hydrogens is 709 g/mol. The van der Waals surface area contributed by atoms with Gasteiger partial charge < -0.3 is 14.7 Å². The molecule has 0 bridgehead atoms. The topological polar surface area (TPSA) is 173 Å². The van der Waals surface area contributed by atoms with Crippen molar-refractivity contribution in [1.29, 1.82) is 0 Å². The van der Waals surface area contributed by atoms with Crippen LogP contribution in [0.15, 0.2) is 72.8 Å². The highest BCUT2D eigenvalue weighted by Gasteiger charge is 2.41. The van der Waals surface area contributed by atoms with Gasteiger partial charge in [-0.3, -0.25) is 34.7 Å². The number of nitrogens with zero attached hydrogens (tertiary/aromatic N) is 4. The van der Waals surface area contributed by atoms with E-state index in [-0.39, 0.29) is 56.1 Å². The highest BCUT2D eigenvalue weighted by molar-refractivity contribution is 7.59. The Kier molecular flexibility index (Phi) is 13.3. The average molecular weight is 749 g/mol. The number of aryl methyl sites for hydroxylation is 4. The molecule has 0 radical (unpaired) electrons. The number of fused-ring (bicyclic) bond motifs is 2. The maximum absolute atomic E-state index is 13.2. The Morgan fingerprint density at radius 1 is 0.712 bits per heavy atom. The number of carbonyl (C=O) groups is 3. The third-order valence-electron chi connectivity index (χ3n) is 9.25.